The first kappa shape index (κ1) is 9.22. The quantitative estimate of drug-likeness (QED) is 0.687. The summed E-state index contributed by atoms with van der Waals surface area (Å²) in [5, 5.41) is 0. The Hall–Kier alpha value is -0.340. The van der Waals surface area contributed by atoms with Gasteiger partial charge >= 0.3 is 0 Å². The zero-order valence-electron chi connectivity index (χ0n) is 8.15. The molecule has 13 heavy (non-hydrogen) atoms. The van der Waals surface area contributed by atoms with Gasteiger partial charge in [0, 0.05) is 4.47 Å². The number of hydrogen-bond acceptors (Lipinski definition) is 1. The van der Waals surface area contributed by atoms with Gasteiger partial charge in [0.25, 0.3) is 0 Å². The molecule has 0 spiro atoms. The van der Waals surface area contributed by atoms with Crippen molar-refractivity contribution in [1.82, 2.24) is 0 Å². The first-order valence-corrected chi connectivity index (χ1v) is 5.23. The summed E-state index contributed by atoms with van der Waals surface area (Å²) in [7, 11) is 0. The van der Waals surface area contributed by atoms with E-state index in [2.05, 4.69) is 48.8 Å². The summed E-state index contributed by atoms with van der Waals surface area (Å²) >= 11 is 3.56. The van der Waals surface area contributed by atoms with E-state index in [0.29, 0.717) is 0 Å². The molecule has 0 aliphatic carbocycles. The fourth-order valence-corrected chi connectivity index (χ4v) is 1.76. The van der Waals surface area contributed by atoms with Gasteiger partial charge in [0.05, 0.1) is 6.61 Å². The molecule has 0 N–H and O–H groups in total. The number of aryl methyl sites for hydroxylation is 2. The third-order valence-corrected chi connectivity index (χ3v) is 3.88. The molecule has 1 nitrogen and oxygen atoms in total. The highest BCUT2D eigenvalue weighted by atomic mass is 79.9. The Morgan fingerprint density at radius 1 is 1.31 bits per heavy atom. The molecule has 1 aliphatic heterocycles. The third kappa shape index (κ3) is 1.53. The summed E-state index contributed by atoms with van der Waals surface area (Å²) in [5.41, 5.74) is 3.86. The van der Waals surface area contributed by atoms with Gasteiger partial charge in [-0.15, -0.1) is 0 Å². The summed E-state index contributed by atoms with van der Waals surface area (Å²) in [6.07, 6.45) is 0. The van der Waals surface area contributed by atoms with Crippen molar-refractivity contribution in [1.29, 1.82) is 0 Å². The van der Waals surface area contributed by atoms with Gasteiger partial charge in [-0.2, -0.15) is 0 Å². The SMILES string of the molecule is Cc1cc(C2(C)CO2)cc(C)c1Br. The Morgan fingerprint density at radius 3 is 2.15 bits per heavy atom. The van der Waals surface area contributed by atoms with Crippen LogP contribution >= 0.6 is 15.9 Å². The van der Waals surface area contributed by atoms with Gasteiger partial charge in [-0.1, -0.05) is 28.1 Å². The van der Waals surface area contributed by atoms with E-state index in [4.69, 9.17) is 4.74 Å². The van der Waals surface area contributed by atoms with Gasteiger partial charge < -0.3 is 4.74 Å². The maximum Gasteiger partial charge on any atom is 0.114 e. The number of benzene rings is 1. The van der Waals surface area contributed by atoms with Gasteiger partial charge in [-0.05, 0) is 37.5 Å². The van der Waals surface area contributed by atoms with E-state index in [9.17, 15) is 0 Å². The van der Waals surface area contributed by atoms with Gasteiger partial charge in [0.1, 0.15) is 5.60 Å². The molecule has 1 aliphatic rings. The van der Waals surface area contributed by atoms with Crippen molar-refractivity contribution in [3.8, 4) is 0 Å². The van der Waals surface area contributed by atoms with Crippen LogP contribution in [0, 0.1) is 13.8 Å². The van der Waals surface area contributed by atoms with Crippen LogP contribution in [-0.2, 0) is 10.3 Å². The molecule has 0 saturated carbocycles. The Kier molecular flexibility index (Phi) is 2.00. The van der Waals surface area contributed by atoms with E-state index < -0.39 is 0 Å². The predicted octanol–water partition coefficient (Wildman–Crippen LogP) is 3.31. The molecule has 70 valence electrons. The molecular formula is C11H13BrO. The molecule has 0 amide bonds. The van der Waals surface area contributed by atoms with Gasteiger partial charge in [0.2, 0.25) is 0 Å². The highest BCUT2D eigenvalue weighted by molar-refractivity contribution is 9.10. The number of hydrogen-bond donors (Lipinski definition) is 0. The normalized spacial score (nSPS) is 26.2. The van der Waals surface area contributed by atoms with Crippen molar-refractivity contribution in [2.24, 2.45) is 0 Å². The number of epoxide rings is 1. The van der Waals surface area contributed by atoms with Crippen molar-refractivity contribution < 1.29 is 4.74 Å². The molecule has 1 unspecified atom stereocenters. The average molecular weight is 241 g/mol. The Morgan fingerprint density at radius 2 is 1.77 bits per heavy atom. The summed E-state index contributed by atoms with van der Waals surface area (Å²) in [6.45, 7) is 7.22. The van der Waals surface area contributed by atoms with Crippen molar-refractivity contribution in [2.75, 3.05) is 6.61 Å². The van der Waals surface area contributed by atoms with E-state index in [0.717, 1.165) is 6.61 Å². The standard InChI is InChI=1S/C11H13BrO/c1-7-4-9(11(3)6-13-11)5-8(2)10(7)12/h4-5H,6H2,1-3H3. The first-order chi connectivity index (χ1) is 6.03. The van der Waals surface area contributed by atoms with E-state index in [1.165, 1.54) is 21.2 Å². The average Bonchev–Trinajstić information content (AvgIpc) is 2.80. The summed E-state index contributed by atoms with van der Waals surface area (Å²) in [4.78, 5) is 0. The second-order valence-corrected chi connectivity index (χ2v) is 4.74. The van der Waals surface area contributed by atoms with Gasteiger partial charge in [-0.25, -0.2) is 0 Å². The van der Waals surface area contributed by atoms with E-state index in [1.807, 2.05) is 0 Å². The van der Waals surface area contributed by atoms with Gasteiger partial charge in [0.15, 0.2) is 0 Å². The molecule has 1 atom stereocenters. The van der Waals surface area contributed by atoms with Crippen LogP contribution in [0.25, 0.3) is 0 Å². The van der Waals surface area contributed by atoms with Crippen LogP contribution in [0.1, 0.15) is 23.6 Å². The molecule has 1 heterocycles. The van der Waals surface area contributed by atoms with Crippen LogP contribution in [0.4, 0.5) is 0 Å². The maximum absolute atomic E-state index is 5.42. The number of ether oxygens (including phenoxy) is 1. The lowest BCUT2D eigenvalue weighted by Crippen LogP contribution is -2.03. The largest absolute Gasteiger partial charge is 0.365 e. The van der Waals surface area contributed by atoms with Crippen molar-refractivity contribution in [2.45, 2.75) is 26.4 Å². The van der Waals surface area contributed by atoms with Crippen molar-refractivity contribution in [3.05, 3.63) is 33.3 Å². The van der Waals surface area contributed by atoms with Crippen molar-refractivity contribution in [3.63, 3.8) is 0 Å². The molecule has 1 aromatic carbocycles. The zero-order valence-corrected chi connectivity index (χ0v) is 9.73. The minimum Gasteiger partial charge on any atom is -0.365 e. The molecule has 2 rings (SSSR count). The summed E-state index contributed by atoms with van der Waals surface area (Å²) < 4.78 is 6.63. The second kappa shape index (κ2) is 2.82. The second-order valence-electron chi connectivity index (χ2n) is 3.94. The highest BCUT2D eigenvalue weighted by Crippen LogP contribution is 2.39. The van der Waals surface area contributed by atoms with Gasteiger partial charge in [-0.3, -0.25) is 0 Å². The van der Waals surface area contributed by atoms with E-state index in [1.54, 1.807) is 0 Å². The maximum atomic E-state index is 5.42. The molecule has 1 fully saturated rings. The van der Waals surface area contributed by atoms with E-state index in [-0.39, 0.29) is 5.60 Å². The Balaban J connectivity index is 2.50. The highest BCUT2D eigenvalue weighted by Gasteiger charge is 2.41. The lowest BCUT2D eigenvalue weighted by molar-refractivity contribution is 0.329. The minimum absolute atomic E-state index is 0.00375. The fraction of sp³-hybridized carbons (Fsp3) is 0.455. The smallest absolute Gasteiger partial charge is 0.114 e. The van der Waals surface area contributed by atoms with Crippen LogP contribution < -0.4 is 0 Å². The lowest BCUT2D eigenvalue weighted by Gasteiger charge is -2.10. The fourth-order valence-electron chi connectivity index (χ4n) is 1.53. The molecular weight excluding hydrogens is 228 g/mol. The predicted molar refractivity (Wildman–Crippen MR) is 56.9 cm³/mol. The first-order valence-electron chi connectivity index (χ1n) is 4.44. The summed E-state index contributed by atoms with van der Waals surface area (Å²) in [5.74, 6) is 0. The monoisotopic (exact) mass is 240 g/mol. The molecule has 0 aromatic heterocycles. The zero-order chi connectivity index (χ0) is 9.64. The Labute approximate surface area is 87.2 Å². The Bertz CT molecular complexity index is 330. The topological polar surface area (TPSA) is 12.5 Å². The molecule has 0 radical (unpaired) electrons. The summed E-state index contributed by atoms with van der Waals surface area (Å²) in [6, 6.07) is 4.40. The third-order valence-electron chi connectivity index (χ3n) is 2.62. The minimum atomic E-state index is -0.00375. The molecule has 1 aromatic rings. The van der Waals surface area contributed by atoms with Crippen LogP contribution in [0.2, 0.25) is 0 Å². The molecule has 0 bridgehead atoms. The lowest BCUT2D eigenvalue weighted by atomic mass is 9.98. The van der Waals surface area contributed by atoms with Crippen molar-refractivity contribution >= 4 is 15.9 Å². The molecule has 2 heteroatoms. The van der Waals surface area contributed by atoms with Crippen LogP contribution in [-0.4, -0.2) is 6.61 Å². The number of halogens is 1. The number of rotatable bonds is 1. The van der Waals surface area contributed by atoms with Crippen LogP contribution in [0.5, 0.6) is 0 Å². The van der Waals surface area contributed by atoms with Crippen LogP contribution in [0.3, 0.4) is 0 Å². The van der Waals surface area contributed by atoms with E-state index >= 15 is 0 Å². The molecule has 1 saturated heterocycles. The van der Waals surface area contributed by atoms with Crippen LogP contribution in [0.15, 0.2) is 16.6 Å².